The predicted molar refractivity (Wildman–Crippen MR) is 86.7 cm³/mol. The lowest BCUT2D eigenvalue weighted by Gasteiger charge is -2.28. The molecular weight excluding hydrogens is 380 g/mol. The van der Waals surface area contributed by atoms with Crippen LogP contribution in [0.15, 0.2) is 22.7 Å². The smallest absolute Gasteiger partial charge is 0.233 e. The van der Waals surface area contributed by atoms with Gasteiger partial charge >= 0.3 is 0 Å². The van der Waals surface area contributed by atoms with Crippen molar-refractivity contribution in [3.05, 3.63) is 22.7 Å². The lowest BCUT2D eigenvalue weighted by atomic mass is 9.90. The monoisotopic (exact) mass is 396 g/mol. The highest BCUT2D eigenvalue weighted by Crippen LogP contribution is 2.42. The summed E-state index contributed by atoms with van der Waals surface area (Å²) in [5.41, 5.74) is -0.402. The average Bonchev–Trinajstić information content (AvgIpc) is 2.83. The summed E-state index contributed by atoms with van der Waals surface area (Å²) in [5.74, 6) is 1.17. The van der Waals surface area contributed by atoms with Crippen molar-refractivity contribution in [2.45, 2.75) is 25.7 Å². The summed E-state index contributed by atoms with van der Waals surface area (Å²) in [6, 6.07) is 5.52. The second-order valence-electron chi connectivity index (χ2n) is 5.45. The lowest BCUT2D eigenvalue weighted by Crippen LogP contribution is -2.32. The van der Waals surface area contributed by atoms with Crippen LogP contribution in [0.25, 0.3) is 0 Å². The van der Waals surface area contributed by atoms with Crippen LogP contribution in [0.5, 0.6) is 11.5 Å². The molecule has 118 valence electrons. The van der Waals surface area contributed by atoms with Gasteiger partial charge in [-0.05, 0) is 40.9 Å². The molecule has 0 spiro atoms. The van der Waals surface area contributed by atoms with E-state index in [9.17, 15) is 8.42 Å². The molecule has 1 aromatic carbocycles. The van der Waals surface area contributed by atoms with Crippen LogP contribution in [-0.4, -0.2) is 27.9 Å². The molecule has 1 saturated carbocycles. The molecular formula is C14H18BrClO4S. The van der Waals surface area contributed by atoms with Gasteiger partial charge in [-0.15, -0.1) is 0 Å². The van der Waals surface area contributed by atoms with E-state index in [1.165, 1.54) is 0 Å². The molecule has 0 bridgehead atoms. The normalized spacial score (nSPS) is 17.7. The highest BCUT2D eigenvalue weighted by Gasteiger charge is 2.39. The van der Waals surface area contributed by atoms with Crippen molar-refractivity contribution < 1.29 is 17.9 Å². The fourth-order valence-corrected chi connectivity index (χ4v) is 5.10. The zero-order valence-corrected chi connectivity index (χ0v) is 14.9. The first kappa shape index (κ1) is 16.9. The molecule has 0 saturated heterocycles. The van der Waals surface area contributed by atoms with Gasteiger partial charge in [0.2, 0.25) is 9.05 Å². The number of benzene rings is 1. The lowest BCUT2D eigenvalue weighted by molar-refractivity contribution is 0.165. The highest BCUT2D eigenvalue weighted by atomic mass is 79.9. The Labute approximate surface area is 138 Å². The van der Waals surface area contributed by atoms with Gasteiger partial charge < -0.3 is 9.47 Å². The van der Waals surface area contributed by atoms with Gasteiger partial charge in [0, 0.05) is 16.1 Å². The first-order valence-electron chi connectivity index (χ1n) is 6.73. The SMILES string of the molecule is COc1cccc(Br)c1OCC1(CS(=O)(=O)Cl)CCCC1. The zero-order valence-electron chi connectivity index (χ0n) is 11.8. The molecule has 0 N–H and O–H groups in total. The maximum Gasteiger partial charge on any atom is 0.233 e. The largest absolute Gasteiger partial charge is 0.493 e. The summed E-state index contributed by atoms with van der Waals surface area (Å²) in [5, 5.41) is 0. The number of methoxy groups -OCH3 is 1. The van der Waals surface area contributed by atoms with Gasteiger partial charge in [-0.2, -0.15) is 0 Å². The highest BCUT2D eigenvalue weighted by molar-refractivity contribution is 9.10. The van der Waals surface area contributed by atoms with E-state index in [-0.39, 0.29) is 5.75 Å². The van der Waals surface area contributed by atoms with Gasteiger partial charge in [0.05, 0.1) is 23.9 Å². The molecule has 21 heavy (non-hydrogen) atoms. The van der Waals surface area contributed by atoms with Crippen molar-refractivity contribution in [1.29, 1.82) is 0 Å². The Bertz CT molecular complexity index is 597. The van der Waals surface area contributed by atoms with Crippen molar-refractivity contribution >= 4 is 35.7 Å². The van der Waals surface area contributed by atoms with Gasteiger partial charge in [-0.3, -0.25) is 0 Å². The third-order valence-electron chi connectivity index (χ3n) is 3.82. The molecule has 0 radical (unpaired) electrons. The first-order chi connectivity index (χ1) is 9.85. The zero-order chi connectivity index (χ0) is 15.5. The minimum Gasteiger partial charge on any atom is -0.493 e. The van der Waals surface area contributed by atoms with E-state index in [0.29, 0.717) is 18.1 Å². The maximum atomic E-state index is 11.5. The number of hydrogen-bond acceptors (Lipinski definition) is 4. The summed E-state index contributed by atoms with van der Waals surface area (Å²) < 4.78 is 34.9. The van der Waals surface area contributed by atoms with Crippen LogP contribution in [0, 0.1) is 5.41 Å². The second-order valence-corrected chi connectivity index (χ2v) is 9.08. The van der Waals surface area contributed by atoms with Gasteiger partial charge in [0.15, 0.2) is 11.5 Å². The van der Waals surface area contributed by atoms with Gasteiger partial charge in [0.25, 0.3) is 0 Å². The van der Waals surface area contributed by atoms with Gasteiger partial charge in [0.1, 0.15) is 0 Å². The number of hydrogen-bond donors (Lipinski definition) is 0. The van der Waals surface area contributed by atoms with Crippen LogP contribution in [-0.2, 0) is 9.05 Å². The molecule has 0 amide bonds. The van der Waals surface area contributed by atoms with Gasteiger partial charge in [-0.25, -0.2) is 8.42 Å². The Morgan fingerprint density at radius 1 is 1.33 bits per heavy atom. The minimum absolute atomic E-state index is 0.0473. The van der Waals surface area contributed by atoms with E-state index in [0.717, 1.165) is 30.2 Å². The first-order valence-corrected chi connectivity index (χ1v) is 10.0. The van der Waals surface area contributed by atoms with Crippen LogP contribution >= 0.6 is 26.6 Å². The fraction of sp³-hybridized carbons (Fsp3) is 0.571. The quantitative estimate of drug-likeness (QED) is 0.682. The Hall–Kier alpha value is -0.460. The Morgan fingerprint density at radius 2 is 2.00 bits per heavy atom. The molecule has 1 aromatic rings. The summed E-state index contributed by atoms with van der Waals surface area (Å²) in [4.78, 5) is 0. The molecule has 0 aromatic heterocycles. The number of ether oxygens (including phenoxy) is 2. The third kappa shape index (κ3) is 4.50. The van der Waals surface area contributed by atoms with Crippen LogP contribution in [0.4, 0.5) is 0 Å². The maximum absolute atomic E-state index is 11.5. The summed E-state index contributed by atoms with van der Waals surface area (Å²) in [6.07, 6.45) is 3.63. The van der Waals surface area contributed by atoms with Crippen LogP contribution in [0.3, 0.4) is 0 Å². The molecule has 4 nitrogen and oxygen atoms in total. The van der Waals surface area contributed by atoms with Crippen molar-refractivity contribution in [1.82, 2.24) is 0 Å². The van der Waals surface area contributed by atoms with Crippen LogP contribution < -0.4 is 9.47 Å². The molecule has 0 atom stereocenters. The van der Waals surface area contributed by atoms with E-state index < -0.39 is 14.5 Å². The van der Waals surface area contributed by atoms with Crippen LogP contribution in [0.1, 0.15) is 25.7 Å². The summed E-state index contributed by atoms with van der Waals surface area (Å²) >= 11 is 3.43. The molecule has 0 heterocycles. The topological polar surface area (TPSA) is 52.6 Å². The molecule has 1 aliphatic carbocycles. The Morgan fingerprint density at radius 3 is 2.57 bits per heavy atom. The second kappa shape index (κ2) is 6.75. The number of halogens is 2. The predicted octanol–water partition coefficient (Wildman–Crippen LogP) is 3.97. The van der Waals surface area contributed by atoms with Gasteiger partial charge in [-0.1, -0.05) is 18.9 Å². The standard InChI is InChI=1S/C14H18BrClO4S/c1-19-12-6-4-5-11(15)13(12)20-9-14(7-2-3-8-14)10-21(16,17)18/h4-6H,2-3,7-10H2,1H3. The molecule has 0 aliphatic heterocycles. The number of para-hydroxylation sites is 1. The van der Waals surface area contributed by atoms with Crippen molar-refractivity contribution in [2.24, 2.45) is 5.41 Å². The molecule has 0 unspecified atom stereocenters. The van der Waals surface area contributed by atoms with E-state index in [1.54, 1.807) is 13.2 Å². The minimum atomic E-state index is -3.55. The van der Waals surface area contributed by atoms with Crippen molar-refractivity contribution in [3.8, 4) is 11.5 Å². The molecule has 7 heteroatoms. The molecule has 1 aliphatic rings. The Kier molecular flexibility index (Phi) is 5.43. The molecule has 1 fully saturated rings. The summed E-state index contributed by atoms with van der Waals surface area (Å²) in [6.45, 7) is 0.317. The van der Waals surface area contributed by atoms with Crippen molar-refractivity contribution in [2.75, 3.05) is 19.5 Å². The van der Waals surface area contributed by atoms with Crippen molar-refractivity contribution in [3.63, 3.8) is 0 Å². The average molecular weight is 398 g/mol. The molecule has 2 rings (SSSR count). The van der Waals surface area contributed by atoms with E-state index in [4.69, 9.17) is 20.2 Å². The van der Waals surface area contributed by atoms with E-state index in [1.807, 2.05) is 12.1 Å². The van der Waals surface area contributed by atoms with Crippen LogP contribution in [0.2, 0.25) is 0 Å². The van der Waals surface area contributed by atoms with E-state index in [2.05, 4.69) is 15.9 Å². The number of rotatable bonds is 6. The third-order valence-corrected chi connectivity index (χ3v) is 5.73. The fourth-order valence-electron chi connectivity index (χ4n) is 2.84. The Balaban J connectivity index is 2.17. The van der Waals surface area contributed by atoms with E-state index >= 15 is 0 Å². The summed E-state index contributed by atoms with van der Waals surface area (Å²) in [7, 11) is 3.48.